The average Bonchev–Trinajstić information content (AvgIpc) is 2.62. The zero-order valence-corrected chi connectivity index (χ0v) is 7.36. The van der Waals surface area contributed by atoms with Crippen LogP contribution in [0.1, 0.15) is 17.0 Å². The Morgan fingerprint density at radius 1 is 1.38 bits per heavy atom. The fourth-order valence-corrected chi connectivity index (χ4v) is 1.94. The Morgan fingerprint density at radius 2 is 2.31 bits per heavy atom. The van der Waals surface area contributed by atoms with Crippen LogP contribution < -0.4 is 0 Å². The molecule has 0 unspecified atom stereocenters. The van der Waals surface area contributed by atoms with E-state index >= 15 is 0 Å². The van der Waals surface area contributed by atoms with Crippen molar-refractivity contribution in [2.45, 2.75) is 13.3 Å². The van der Waals surface area contributed by atoms with Gasteiger partial charge in [-0.3, -0.25) is 4.57 Å². The summed E-state index contributed by atoms with van der Waals surface area (Å²) in [5.41, 5.74) is 3.91. The second-order valence-electron chi connectivity index (χ2n) is 3.38. The van der Waals surface area contributed by atoms with Crippen molar-refractivity contribution in [2.24, 2.45) is 0 Å². The number of hydrogen-bond acceptors (Lipinski definition) is 2. The molecule has 0 fully saturated rings. The van der Waals surface area contributed by atoms with Crippen molar-refractivity contribution < 1.29 is 0 Å². The molecule has 1 aliphatic heterocycles. The monoisotopic (exact) mass is 171 g/mol. The van der Waals surface area contributed by atoms with Crippen LogP contribution in [-0.4, -0.2) is 14.8 Å². The zero-order chi connectivity index (χ0) is 8.84. The van der Waals surface area contributed by atoms with Gasteiger partial charge in [-0.2, -0.15) is 0 Å². The van der Waals surface area contributed by atoms with Gasteiger partial charge < -0.3 is 0 Å². The van der Waals surface area contributed by atoms with Crippen LogP contribution in [-0.2, 0) is 6.42 Å². The van der Waals surface area contributed by atoms with Crippen LogP contribution in [0.4, 0.5) is 0 Å². The Balaban J connectivity index is 2.37. The summed E-state index contributed by atoms with van der Waals surface area (Å²) < 4.78 is 2.07. The van der Waals surface area contributed by atoms with Crippen LogP contribution in [0.2, 0.25) is 0 Å². The van der Waals surface area contributed by atoms with E-state index in [1.54, 1.807) is 6.33 Å². The quantitative estimate of drug-likeness (QED) is 0.513. The molecule has 0 spiro atoms. The molecule has 1 aromatic heterocycles. The van der Waals surface area contributed by atoms with Gasteiger partial charge in [-0.05, 0) is 18.1 Å². The Hall–Kier alpha value is -1.64. The highest BCUT2D eigenvalue weighted by Gasteiger charge is 2.20. The van der Waals surface area contributed by atoms with Gasteiger partial charge in [0.15, 0.2) is 0 Å². The standard InChI is InChI=1S/C10H9N3/c1-7-3-2-4-8-5-9-12-11-6-13(9)10(7)8/h2-4,6H,5H2,1H3. The van der Waals surface area contributed by atoms with E-state index in [1.807, 2.05) is 0 Å². The first-order chi connectivity index (χ1) is 6.36. The van der Waals surface area contributed by atoms with Crippen LogP contribution in [0.15, 0.2) is 24.5 Å². The third kappa shape index (κ3) is 0.786. The average molecular weight is 171 g/mol. The lowest BCUT2D eigenvalue weighted by atomic mass is 10.1. The van der Waals surface area contributed by atoms with Crippen molar-refractivity contribution in [1.29, 1.82) is 0 Å². The van der Waals surface area contributed by atoms with Gasteiger partial charge >= 0.3 is 0 Å². The maximum absolute atomic E-state index is 4.07. The summed E-state index contributed by atoms with van der Waals surface area (Å²) >= 11 is 0. The fourth-order valence-electron chi connectivity index (χ4n) is 1.94. The first-order valence-electron chi connectivity index (χ1n) is 4.34. The second kappa shape index (κ2) is 2.19. The molecule has 64 valence electrons. The molecule has 1 aliphatic rings. The minimum atomic E-state index is 0.914. The van der Waals surface area contributed by atoms with E-state index in [0.29, 0.717) is 0 Å². The molecule has 0 N–H and O–H groups in total. The van der Waals surface area contributed by atoms with Gasteiger partial charge in [-0.25, -0.2) is 0 Å². The van der Waals surface area contributed by atoms with Crippen LogP contribution in [0.25, 0.3) is 5.69 Å². The summed E-state index contributed by atoms with van der Waals surface area (Å²) in [5, 5.41) is 7.96. The normalized spacial score (nSPS) is 12.7. The van der Waals surface area contributed by atoms with Crippen LogP contribution in [0.3, 0.4) is 0 Å². The van der Waals surface area contributed by atoms with Gasteiger partial charge in [0.1, 0.15) is 12.2 Å². The van der Waals surface area contributed by atoms with Crippen LogP contribution >= 0.6 is 0 Å². The van der Waals surface area contributed by atoms with Gasteiger partial charge in [0.2, 0.25) is 0 Å². The van der Waals surface area contributed by atoms with Gasteiger partial charge in [0.05, 0.1) is 5.69 Å². The van der Waals surface area contributed by atoms with Crippen LogP contribution in [0, 0.1) is 6.92 Å². The zero-order valence-electron chi connectivity index (χ0n) is 7.36. The highest BCUT2D eigenvalue weighted by Crippen LogP contribution is 2.28. The number of aromatic nitrogens is 3. The van der Waals surface area contributed by atoms with Gasteiger partial charge in [0, 0.05) is 6.42 Å². The Morgan fingerprint density at radius 3 is 3.23 bits per heavy atom. The molecule has 0 saturated carbocycles. The molecule has 13 heavy (non-hydrogen) atoms. The maximum atomic E-state index is 4.07. The number of fused-ring (bicyclic) bond motifs is 3. The topological polar surface area (TPSA) is 30.7 Å². The summed E-state index contributed by atoms with van der Waals surface area (Å²) in [5.74, 6) is 1.05. The maximum Gasteiger partial charge on any atom is 0.141 e. The molecule has 0 saturated heterocycles. The summed E-state index contributed by atoms with van der Waals surface area (Å²) in [6, 6.07) is 6.36. The minimum absolute atomic E-state index is 0.914. The molecule has 3 rings (SSSR count). The van der Waals surface area contributed by atoms with Crippen molar-refractivity contribution in [3.05, 3.63) is 41.5 Å². The lowest BCUT2D eigenvalue weighted by Gasteiger charge is -2.03. The van der Waals surface area contributed by atoms with Gasteiger partial charge in [0.25, 0.3) is 0 Å². The number of aryl methyl sites for hydroxylation is 1. The largest absolute Gasteiger partial charge is 0.285 e. The molecular formula is C10H9N3. The predicted octanol–water partition coefficient (Wildman–Crippen LogP) is 1.48. The number of rotatable bonds is 0. The van der Waals surface area contributed by atoms with Gasteiger partial charge in [-0.1, -0.05) is 18.2 Å². The number of benzene rings is 1. The fraction of sp³-hybridized carbons (Fsp3) is 0.200. The SMILES string of the molecule is Cc1cccc2c1-n1cnnc1C2. The van der Waals surface area contributed by atoms with Gasteiger partial charge in [-0.15, -0.1) is 10.2 Å². The molecule has 2 aromatic rings. The molecule has 0 amide bonds. The molecule has 1 aromatic carbocycles. The van der Waals surface area contributed by atoms with E-state index in [0.717, 1.165) is 12.2 Å². The molecule has 3 heteroatoms. The third-order valence-electron chi connectivity index (χ3n) is 2.53. The lowest BCUT2D eigenvalue weighted by molar-refractivity contribution is 0.973. The van der Waals surface area contributed by atoms with E-state index in [1.165, 1.54) is 16.8 Å². The molecule has 2 heterocycles. The highest BCUT2D eigenvalue weighted by atomic mass is 15.3. The predicted molar refractivity (Wildman–Crippen MR) is 48.9 cm³/mol. The van der Waals surface area contributed by atoms with Crippen molar-refractivity contribution in [2.75, 3.05) is 0 Å². The Labute approximate surface area is 76.0 Å². The number of hydrogen-bond donors (Lipinski definition) is 0. The van der Waals surface area contributed by atoms with E-state index in [-0.39, 0.29) is 0 Å². The van der Waals surface area contributed by atoms with E-state index < -0.39 is 0 Å². The van der Waals surface area contributed by atoms with Crippen molar-refractivity contribution >= 4 is 0 Å². The van der Waals surface area contributed by atoms with Crippen molar-refractivity contribution in [3.8, 4) is 5.69 Å². The van der Waals surface area contributed by atoms with Crippen molar-refractivity contribution in [3.63, 3.8) is 0 Å². The smallest absolute Gasteiger partial charge is 0.141 e. The molecular weight excluding hydrogens is 162 g/mol. The first kappa shape index (κ1) is 6.83. The highest BCUT2D eigenvalue weighted by molar-refractivity contribution is 5.53. The number of nitrogens with zero attached hydrogens (tertiary/aromatic N) is 3. The summed E-state index contributed by atoms with van der Waals surface area (Å²) in [4.78, 5) is 0. The Bertz CT molecular complexity index is 471. The minimum Gasteiger partial charge on any atom is -0.285 e. The molecule has 0 bridgehead atoms. The van der Waals surface area contributed by atoms with E-state index in [4.69, 9.17) is 0 Å². The van der Waals surface area contributed by atoms with E-state index in [2.05, 4.69) is 39.9 Å². The lowest BCUT2D eigenvalue weighted by Crippen LogP contribution is -1.92. The first-order valence-corrected chi connectivity index (χ1v) is 4.34. The summed E-state index contributed by atoms with van der Waals surface area (Å²) in [6.07, 6.45) is 2.70. The Kier molecular flexibility index (Phi) is 1.15. The van der Waals surface area contributed by atoms with E-state index in [9.17, 15) is 0 Å². The third-order valence-corrected chi connectivity index (χ3v) is 2.53. The van der Waals surface area contributed by atoms with Crippen LogP contribution in [0.5, 0.6) is 0 Å². The molecule has 0 atom stereocenters. The molecule has 0 aliphatic carbocycles. The second-order valence-corrected chi connectivity index (χ2v) is 3.38. The summed E-state index contributed by atoms with van der Waals surface area (Å²) in [7, 11) is 0. The number of para-hydroxylation sites is 1. The summed E-state index contributed by atoms with van der Waals surface area (Å²) in [6.45, 7) is 2.12. The molecule has 3 nitrogen and oxygen atoms in total. The van der Waals surface area contributed by atoms with Crippen molar-refractivity contribution in [1.82, 2.24) is 14.8 Å². The molecule has 0 radical (unpaired) electrons.